The van der Waals surface area contributed by atoms with Crippen LogP contribution < -0.4 is 5.73 Å². The van der Waals surface area contributed by atoms with Gasteiger partial charge in [-0.1, -0.05) is 18.2 Å². The second-order valence-electron chi connectivity index (χ2n) is 3.15. The first kappa shape index (κ1) is 11.0. The van der Waals surface area contributed by atoms with E-state index >= 15 is 0 Å². The van der Waals surface area contributed by atoms with Crippen molar-refractivity contribution in [2.45, 2.75) is 18.6 Å². The van der Waals surface area contributed by atoms with E-state index < -0.39 is 12.2 Å². The number of benzene rings is 1. The Hall–Kier alpha value is -1.10. The molecule has 14 heavy (non-hydrogen) atoms. The average molecular weight is 197 g/mol. The van der Waals surface area contributed by atoms with Gasteiger partial charge in [0.15, 0.2) is 0 Å². The quantitative estimate of drug-likeness (QED) is 0.553. The summed E-state index contributed by atoms with van der Waals surface area (Å²) in [7, 11) is 0. The molecule has 0 heterocycles. The van der Waals surface area contributed by atoms with Crippen molar-refractivity contribution in [1.82, 2.24) is 0 Å². The van der Waals surface area contributed by atoms with Crippen molar-refractivity contribution >= 4 is 0 Å². The summed E-state index contributed by atoms with van der Waals surface area (Å²) in [5, 5.41) is 28.5. The standard InChI is InChI=1S/C10H15NO3/c11-6-5-9(13)10(14)7-3-1-2-4-8(7)12/h1-4,9-10,12-14H,5-6,11H2. The van der Waals surface area contributed by atoms with Gasteiger partial charge in [0.1, 0.15) is 11.9 Å². The van der Waals surface area contributed by atoms with Gasteiger partial charge in [-0.15, -0.1) is 0 Å². The fraction of sp³-hybridized carbons (Fsp3) is 0.400. The highest BCUT2D eigenvalue weighted by Gasteiger charge is 2.19. The van der Waals surface area contributed by atoms with Crippen LogP contribution in [0, 0.1) is 0 Å². The van der Waals surface area contributed by atoms with E-state index in [4.69, 9.17) is 5.73 Å². The molecule has 2 unspecified atom stereocenters. The van der Waals surface area contributed by atoms with E-state index in [2.05, 4.69) is 0 Å². The molecule has 78 valence electrons. The van der Waals surface area contributed by atoms with E-state index in [1.165, 1.54) is 6.07 Å². The van der Waals surface area contributed by atoms with Gasteiger partial charge in [-0.3, -0.25) is 0 Å². The maximum Gasteiger partial charge on any atom is 0.121 e. The zero-order valence-corrected chi connectivity index (χ0v) is 7.80. The van der Waals surface area contributed by atoms with Crippen molar-refractivity contribution in [3.63, 3.8) is 0 Å². The van der Waals surface area contributed by atoms with E-state index in [1.54, 1.807) is 18.2 Å². The summed E-state index contributed by atoms with van der Waals surface area (Å²) in [6.07, 6.45) is -1.72. The minimum atomic E-state index is -1.08. The van der Waals surface area contributed by atoms with Gasteiger partial charge in [0.05, 0.1) is 6.10 Å². The van der Waals surface area contributed by atoms with Gasteiger partial charge in [-0.25, -0.2) is 0 Å². The van der Waals surface area contributed by atoms with Gasteiger partial charge in [0, 0.05) is 5.56 Å². The molecule has 0 amide bonds. The van der Waals surface area contributed by atoms with Crippen molar-refractivity contribution in [2.75, 3.05) is 6.54 Å². The predicted octanol–water partition coefficient (Wildman–Crippen LogP) is 0.135. The number of phenolic OH excluding ortho intramolecular Hbond substituents is 1. The predicted molar refractivity (Wildman–Crippen MR) is 52.7 cm³/mol. The lowest BCUT2D eigenvalue weighted by Gasteiger charge is -2.18. The van der Waals surface area contributed by atoms with Gasteiger partial charge in [0.2, 0.25) is 0 Å². The van der Waals surface area contributed by atoms with Gasteiger partial charge >= 0.3 is 0 Å². The number of nitrogens with two attached hydrogens (primary N) is 1. The van der Waals surface area contributed by atoms with E-state index in [0.717, 1.165) is 0 Å². The summed E-state index contributed by atoms with van der Waals surface area (Å²) in [5.74, 6) is -0.0175. The lowest BCUT2D eigenvalue weighted by Crippen LogP contribution is -2.21. The highest BCUT2D eigenvalue weighted by atomic mass is 16.3. The Morgan fingerprint density at radius 2 is 1.86 bits per heavy atom. The van der Waals surface area contributed by atoms with Crippen molar-refractivity contribution < 1.29 is 15.3 Å². The van der Waals surface area contributed by atoms with E-state index in [1.807, 2.05) is 0 Å². The molecular formula is C10H15NO3. The Balaban J connectivity index is 2.78. The van der Waals surface area contributed by atoms with E-state index in [9.17, 15) is 15.3 Å². The molecule has 0 aliphatic rings. The molecule has 0 aromatic heterocycles. The van der Waals surface area contributed by atoms with Crippen LogP contribution in [-0.4, -0.2) is 28.0 Å². The molecular weight excluding hydrogens is 182 g/mol. The molecule has 0 saturated heterocycles. The van der Waals surface area contributed by atoms with Gasteiger partial charge < -0.3 is 21.1 Å². The molecule has 0 aliphatic heterocycles. The Kier molecular flexibility index (Phi) is 3.88. The van der Waals surface area contributed by atoms with Crippen LogP contribution in [0.25, 0.3) is 0 Å². The number of aromatic hydroxyl groups is 1. The first-order chi connectivity index (χ1) is 6.66. The second-order valence-corrected chi connectivity index (χ2v) is 3.15. The minimum Gasteiger partial charge on any atom is -0.508 e. The number of aliphatic hydroxyl groups is 2. The normalized spacial score (nSPS) is 15.1. The molecule has 1 aromatic rings. The zero-order valence-electron chi connectivity index (χ0n) is 7.80. The van der Waals surface area contributed by atoms with Gasteiger partial charge in [-0.2, -0.15) is 0 Å². The topological polar surface area (TPSA) is 86.7 Å². The van der Waals surface area contributed by atoms with Crippen LogP contribution in [-0.2, 0) is 0 Å². The number of hydrogen-bond acceptors (Lipinski definition) is 4. The van der Waals surface area contributed by atoms with Crippen LogP contribution in [0.1, 0.15) is 18.1 Å². The summed E-state index contributed by atoms with van der Waals surface area (Å²) in [4.78, 5) is 0. The lowest BCUT2D eigenvalue weighted by atomic mass is 10.0. The molecule has 1 aromatic carbocycles. The van der Waals surface area contributed by atoms with Crippen LogP contribution in [0.15, 0.2) is 24.3 Å². The summed E-state index contributed by atoms with van der Waals surface area (Å²) in [5.41, 5.74) is 5.58. The van der Waals surface area contributed by atoms with Crippen molar-refractivity contribution in [1.29, 1.82) is 0 Å². The number of aliphatic hydroxyl groups excluding tert-OH is 2. The number of hydrogen-bond donors (Lipinski definition) is 4. The van der Waals surface area contributed by atoms with E-state index in [-0.39, 0.29) is 5.75 Å². The first-order valence-electron chi connectivity index (χ1n) is 4.51. The highest BCUT2D eigenvalue weighted by Crippen LogP contribution is 2.26. The maximum absolute atomic E-state index is 9.64. The van der Waals surface area contributed by atoms with Crippen LogP contribution in [0.2, 0.25) is 0 Å². The second kappa shape index (κ2) is 4.95. The molecule has 0 bridgehead atoms. The summed E-state index contributed by atoms with van der Waals surface area (Å²) >= 11 is 0. The lowest BCUT2D eigenvalue weighted by molar-refractivity contribution is 0.0137. The minimum absolute atomic E-state index is 0.0175. The molecule has 0 saturated carbocycles. The number of phenols is 1. The third kappa shape index (κ3) is 2.45. The third-order valence-electron chi connectivity index (χ3n) is 2.08. The largest absolute Gasteiger partial charge is 0.508 e. The summed E-state index contributed by atoms with van der Waals surface area (Å²) in [6.45, 7) is 0.297. The summed E-state index contributed by atoms with van der Waals surface area (Å²) in [6, 6.07) is 6.38. The molecule has 4 heteroatoms. The molecule has 0 radical (unpaired) electrons. The van der Waals surface area contributed by atoms with Crippen LogP contribution in [0.3, 0.4) is 0 Å². The van der Waals surface area contributed by atoms with Crippen LogP contribution in [0.5, 0.6) is 5.75 Å². The number of rotatable bonds is 4. The Bertz CT molecular complexity index is 290. The van der Waals surface area contributed by atoms with Gasteiger partial charge in [-0.05, 0) is 19.0 Å². The average Bonchev–Trinajstić information content (AvgIpc) is 2.18. The molecule has 2 atom stereocenters. The molecule has 0 aliphatic carbocycles. The molecule has 5 N–H and O–H groups in total. The Labute approximate surface area is 82.6 Å². The van der Waals surface area contributed by atoms with Crippen LogP contribution in [0.4, 0.5) is 0 Å². The Morgan fingerprint density at radius 3 is 2.43 bits per heavy atom. The van der Waals surface area contributed by atoms with E-state index in [0.29, 0.717) is 18.5 Å². The Morgan fingerprint density at radius 1 is 1.21 bits per heavy atom. The highest BCUT2D eigenvalue weighted by molar-refractivity contribution is 5.34. The SMILES string of the molecule is NCCC(O)C(O)c1ccccc1O. The number of para-hydroxylation sites is 1. The fourth-order valence-corrected chi connectivity index (χ4v) is 1.27. The fourth-order valence-electron chi connectivity index (χ4n) is 1.27. The first-order valence-corrected chi connectivity index (χ1v) is 4.51. The van der Waals surface area contributed by atoms with Crippen molar-refractivity contribution in [3.05, 3.63) is 29.8 Å². The maximum atomic E-state index is 9.64. The molecule has 4 nitrogen and oxygen atoms in total. The molecule has 0 spiro atoms. The zero-order chi connectivity index (χ0) is 10.6. The molecule has 1 rings (SSSR count). The van der Waals surface area contributed by atoms with Crippen LogP contribution >= 0.6 is 0 Å². The smallest absolute Gasteiger partial charge is 0.121 e. The summed E-state index contributed by atoms with van der Waals surface area (Å²) < 4.78 is 0. The third-order valence-corrected chi connectivity index (χ3v) is 2.08. The van der Waals surface area contributed by atoms with Gasteiger partial charge in [0.25, 0.3) is 0 Å². The monoisotopic (exact) mass is 197 g/mol. The molecule has 0 fully saturated rings. The van der Waals surface area contributed by atoms with Crippen molar-refractivity contribution in [3.8, 4) is 5.75 Å². The van der Waals surface area contributed by atoms with Crippen molar-refractivity contribution in [2.24, 2.45) is 5.73 Å².